The molecular weight excluding hydrogens is 373 g/mol. The molecule has 0 spiro atoms. The molecule has 1 aromatic rings. The summed E-state index contributed by atoms with van der Waals surface area (Å²) in [5.41, 5.74) is -3.73. The number of esters is 1. The molecule has 2 amide bonds. The SMILES string of the molecule is CCOC(=O)[C@@H]1[C@H](c2ccc(OC)c(OC)c2)NC(=O)N[C@@]1(O)C(F)(F)F. The molecule has 1 heterocycles. The molecule has 0 saturated carbocycles. The highest BCUT2D eigenvalue weighted by Gasteiger charge is 2.67. The number of hydrogen-bond acceptors (Lipinski definition) is 6. The van der Waals surface area contributed by atoms with Crippen molar-refractivity contribution in [2.45, 2.75) is 24.9 Å². The molecule has 0 aliphatic carbocycles. The Hall–Kier alpha value is -2.69. The van der Waals surface area contributed by atoms with E-state index in [-0.39, 0.29) is 17.9 Å². The summed E-state index contributed by atoms with van der Waals surface area (Å²) in [6.07, 6.45) is -5.34. The van der Waals surface area contributed by atoms with E-state index in [0.29, 0.717) is 5.75 Å². The van der Waals surface area contributed by atoms with Gasteiger partial charge in [-0.2, -0.15) is 13.2 Å². The van der Waals surface area contributed by atoms with Gasteiger partial charge in [-0.15, -0.1) is 0 Å². The third-order valence-corrected chi connectivity index (χ3v) is 4.11. The number of ether oxygens (including phenoxy) is 3. The molecule has 1 aromatic carbocycles. The topological polar surface area (TPSA) is 106 Å². The van der Waals surface area contributed by atoms with Crippen molar-refractivity contribution in [2.75, 3.05) is 20.8 Å². The lowest BCUT2D eigenvalue weighted by Crippen LogP contribution is -2.73. The minimum atomic E-state index is -5.34. The van der Waals surface area contributed by atoms with Gasteiger partial charge in [0.15, 0.2) is 11.5 Å². The Morgan fingerprint density at radius 3 is 2.41 bits per heavy atom. The molecule has 1 fully saturated rings. The number of nitrogens with one attached hydrogen (secondary N) is 2. The highest BCUT2D eigenvalue weighted by Crippen LogP contribution is 2.44. The van der Waals surface area contributed by atoms with E-state index in [2.05, 4.69) is 5.32 Å². The Bertz CT molecular complexity index is 727. The number of alkyl halides is 3. The van der Waals surface area contributed by atoms with Crippen molar-refractivity contribution in [3.63, 3.8) is 0 Å². The minimum absolute atomic E-state index is 0.0863. The molecule has 1 aliphatic heterocycles. The zero-order valence-electron chi connectivity index (χ0n) is 14.7. The lowest BCUT2D eigenvalue weighted by molar-refractivity contribution is -0.294. The van der Waals surface area contributed by atoms with Crippen LogP contribution >= 0.6 is 0 Å². The second-order valence-corrected chi connectivity index (χ2v) is 5.68. The van der Waals surface area contributed by atoms with Crippen LogP contribution in [0.4, 0.5) is 18.0 Å². The van der Waals surface area contributed by atoms with Crippen LogP contribution in [0.25, 0.3) is 0 Å². The average Bonchev–Trinajstić information content (AvgIpc) is 2.59. The number of aliphatic hydroxyl groups is 1. The molecule has 150 valence electrons. The molecule has 3 atom stereocenters. The molecule has 0 radical (unpaired) electrons. The van der Waals surface area contributed by atoms with Gasteiger partial charge in [-0.05, 0) is 24.6 Å². The van der Waals surface area contributed by atoms with Crippen molar-refractivity contribution < 1.29 is 42.1 Å². The standard InChI is InChI=1S/C16H19F3N2O6/c1-4-27-13(22)11-12(8-5-6-9(25-2)10(7-8)26-3)20-14(23)21-15(11,24)16(17,18)19/h5-7,11-12,24H,4H2,1-3H3,(H2,20,21,23)/t11-,12-,15-/m0/s1. The summed E-state index contributed by atoms with van der Waals surface area (Å²) >= 11 is 0. The van der Waals surface area contributed by atoms with Gasteiger partial charge in [0.2, 0.25) is 0 Å². The molecule has 3 N–H and O–H groups in total. The van der Waals surface area contributed by atoms with Crippen molar-refractivity contribution in [1.29, 1.82) is 0 Å². The smallest absolute Gasteiger partial charge is 0.437 e. The van der Waals surface area contributed by atoms with E-state index in [0.717, 1.165) is 0 Å². The first-order valence-electron chi connectivity index (χ1n) is 7.85. The average molecular weight is 392 g/mol. The van der Waals surface area contributed by atoms with Crippen LogP contribution in [0, 0.1) is 5.92 Å². The van der Waals surface area contributed by atoms with Crippen molar-refractivity contribution in [3.05, 3.63) is 23.8 Å². The Labute approximate surface area is 152 Å². The summed E-state index contributed by atoms with van der Waals surface area (Å²) < 4.78 is 55.6. The maximum absolute atomic E-state index is 13.6. The van der Waals surface area contributed by atoms with Gasteiger partial charge in [0, 0.05) is 0 Å². The summed E-state index contributed by atoms with van der Waals surface area (Å²) in [5, 5.41) is 13.9. The zero-order chi connectivity index (χ0) is 20.4. The molecule has 0 bridgehead atoms. The Balaban J connectivity index is 2.60. The van der Waals surface area contributed by atoms with Gasteiger partial charge in [0.1, 0.15) is 5.92 Å². The molecule has 11 heteroatoms. The molecule has 0 unspecified atom stereocenters. The van der Waals surface area contributed by atoms with Crippen LogP contribution in [0.2, 0.25) is 0 Å². The highest BCUT2D eigenvalue weighted by atomic mass is 19.4. The predicted molar refractivity (Wildman–Crippen MR) is 85.1 cm³/mol. The summed E-state index contributed by atoms with van der Waals surface area (Å²) in [5.74, 6) is -3.07. The van der Waals surface area contributed by atoms with E-state index >= 15 is 0 Å². The lowest BCUT2D eigenvalue weighted by atomic mass is 9.82. The number of urea groups is 1. The van der Waals surface area contributed by atoms with Crippen molar-refractivity contribution >= 4 is 12.0 Å². The van der Waals surface area contributed by atoms with Crippen molar-refractivity contribution in [2.24, 2.45) is 5.92 Å². The highest BCUT2D eigenvalue weighted by molar-refractivity contribution is 5.83. The number of hydrogen-bond donors (Lipinski definition) is 3. The Morgan fingerprint density at radius 1 is 1.26 bits per heavy atom. The fourth-order valence-electron chi connectivity index (χ4n) is 2.86. The quantitative estimate of drug-likeness (QED) is 0.656. The predicted octanol–water partition coefficient (Wildman–Crippen LogP) is 1.49. The van der Waals surface area contributed by atoms with Crippen molar-refractivity contribution in [1.82, 2.24) is 10.6 Å². The lowest BCUT2D eigenvalue weighted by Gasteiger charge is -2.44. The Kier molecular flexibility index (Phi) is 5.73. The zero-order valence-corrected chi connectivity index (χ0v) is 14.7. The van der Waals surface area contributed by atoms with Gasteiger partial charge < -0.3 is 30.0 Å². The van der Waals surface area contributed by atoms with E-state index in [9.17, 15) is 27.9 Å². The van der Waals surface area contributed by atoms with Crippen LogP contribution < -0.4 is 20.1 Å². The molecular formula is C16H19F3N2O6. The van der Waals surface area contributed by atoms with Gasteiger partial charge in [0.05, 0.1) is 26.9 Å². The molecule has 2 rings (SSSR count). The summed E-state index contributed by atoms with van der Waals surface area (Å²) in [6, 6.07) is 1.22. The first kappa shape index (κ1) is 20.6. The Morgan fingerprint density at radius 2 is 1.89 bits per heavy atom. The van der Waals surface area contributed by atoms with Crippen LogP contribution in [-0.2, 0) is 9.53 Å². The second-order valence-electron chi connectivity index (χ2n) is 5.68. The maximum Gasteiger partial charge on any atom is 0.437 e. The fraction of sp³-hybridized carbons (Fsp3) is 0.500. The molecule has 27 heavy (non-hydrogen) atoms. The number of halogens is 3. The third-order valence-electron chi connectivity index (χ3n) is 4.11. The van der Waals surface area contributed by atoms with E-state index in [4.69, 9.17) is 14.2 Å². The van der Waals surface area contributed by atoms with E-state index in [1.54, 1.807) is 0 Å². The van der Waals surface area contributed by atoms with Crippen LogP contribution in [0.15, 0.2) is 18.2 Å². The van der Waals surface area contributed by atoms with Crippen LogP contribution in [-0.4, -0.2) is 49.8 Å². The molecule has 8 nitrogen and oxygen atoms in total. The van der Waals surface area contributed by atoms with Crippen LogP contribution in [0.1, 0.15) is 18.5 Å². The van der Waals surface area contributed by atoms with Crippen LogP contribution in [0.5, 0.6) is 11.5 Å². The normalized spacial score (nSPS) is 25.2. The molecule has 0 aromatic heterocycles. The summed E-state index contributed by atoms with van der Waals surface area (Å²) in [6.45, 7) is 1.20. The van der Waals surface area contributed by atoms with E-state index < -0.39 is 35.9 Å². The second kappa shape index (κ2) is 7.51. The number of rotatable bonds is 5. The summed E-state index contributed by atoms with van der Waals surface area (Å²) in [7, 11) is 2.69. The van der Waals surface area contributed by atoms with Gasteiger partial charge >= 0.3 is 18.2 Å². The van der Waals surface area contributed by atoms with Crippen LogP contribution in [0.3, 0.4) is 0 Å². The third kappa shape index (κ3) is 3.72. The maximum atomic E-state index is 13.6. The molecule has 1 saturated heterocycles. The van der Waals surface area contributed by atoms with Gasteiger partial charge in [0.25, 0.3) is 5.72 Å². The summed E-state index contributed by atoms with van der Waals surface area (Å²) in [4.78, 5) is 24.1. The van der Waals surface area contributed by atoms with Gasteiger partial charge in [-0.25, -0.2) is 4.79 Å². The number of carbonyl (C=O) groups excluding carboxylic acids is 2. The number of methoxy groups -OCH3 is 2. The largest absolute Gasteiger partial charge is 0.493 e. The van der Waals surface area contributed by atoms with Crippen molar-refractivity contribution in [3.8, 4) is 11.5 Å². The first-order valence-corrected chi connectivity index (χ1v) is 7.85. The first-order chi connectivity index (χ1) is 12.6. The minimum Gasteiger partial charge on any atom is -0.493 e. The number of amides is 2. The fourth-order valence-corrected chi connectivity index (χ4v) is 2.86. The monoisotopic (exact) mass is 392 g/mol. The van der Waals surface area contributed by atoms with E-state index in [1.807, 2.05) is 0 Å². The van der Waals surface area contributed by atoms with Gasteiger partial charge in [-0.3, -0.25) is 4.79 Å². The molecule has 1 aliphatic rings. The number of carbonyl (C=O) groups is 2. The number of benzene rings is 1. The van der Waals surface area contributed by atoms with Gasteiger partial charge in [-0.1, -0.05) is 6.07 Å². The van der Waals surface area contributed by atoms with E-state index in [1.165, 1.54) is 44.7 Å².